The highest BCUT2D eigenvalue weighted by Gasteiger charge is 2.33. The van der Waals surface area contributed by atoms with Gasteiger partial charge < -0.3 is 9.32 Å². The van der Waals surface area contributed by atoms with Crippen LogP contribution in [0.3, 0.4) is 0 Å². The summed E-state index contributed by atoms with van der Waals surface area (Å²) in [6.45, 7) is 8.95. The van der Waals surface area contributed by atoms with Crippen LogP contribution in [0.4, 0.5) is 0 Å². The van der Waals surface area contributed by atoms with E-state index in [1.807, 2.05) is 17.9 Å². The van der Waals surface area contributed by atoms with E-state index in [1.165, 1.54) is 5.56 Å². The molecule has 1 aliphatic rings. The molecule has 142 valence electrons. The first-order valence-corrected chi connectivity index (χ1v) is 9.20. The number of halogens is 1. The lowest BCUT2D eigenvalue weighted by Gasteiger charge is -2.44. The summed E-state index contributed by atoms with van der Waals surface area (Å²) in [6, 6.07) is 14.8. The Labute approximate surface area is 162 Å². The SMILES string of the molecule is Cc1ccc(C(=O)N2CC(C)N(CCCc3ccccc3)CC2C)o1.Cl. The maximum absolute atomic E-state index is 12.7. The summed E-state index contributed by atoms with van der Waals surface area (Å²) in [4.78, 5) is 17.1. The van der Waals surface area contributed by atoms with Gasteiger partial charge in [-0.1, -0.05) is 30.3 Å². The second-order valence-corrected chi connectivity index (χ2v) is 7.15. The van der Waals surface area contributed by atoms with Crippen molar-refractivity contribution in [3.8, 4) is 0 Å². The minimum atomic E-state index is 0. The maximum Gasteiger partial charge on any atom is 0.289 e. The number of rotatable bonds is 5. The molecule has 1 amide bonds. The van der Waals surface area contributed by atoms with Gasteiger partial charge in [0.1, 0.15) is 5.76 Å². The molecular weight excluding hydrogens is 348 g/mol. The van der Waals surface area contributed by atoms with Gasteiger partial charge in [0.2, 0.25) is 0 Å². The third-order valence-electron chi connectivity index (χ3n) is 5.08. The number of hydrogen-bond acceptors (Lipinski definition) is 3. The van der Waals surface area contributed by atoms with E-state index in [4.69, 9.17) is 4.42 Å². The molecule has 2 heterocycles. The van der Waals surface area contributed by atoms with Gasteiger partial charge in [0.15, 0.2) is 5.76 Å². The van der Waals surface area contributed by atoms with Crippen LogP contribution >= 0.6 is 12.4 Å². The van der Waals surface area contributed by atoms with Gasteiger partial charge in [-0.05, 0) is 57.9 Å². The Balaban J connectivity index is 0.00000243. The summed E-state index contributed by atoms with van der Waals surface area (Å²) in [7, 11) is 0. The van der Waals surface area contributed by atoms with Gasteiger partial charge in [0.25, 0.3) is 5.91 Å². The summed E-state index contributed by atoms with van der Waals surface area (Å²) < 4.78 is 5.52. The minimum Gasteiger partial charge on any atom is -0.456 e. The van der Waals surface area contributed by atoms with Crippen LogP contribution in [-0.2, 0) is 6.42 Å². The molecule has 2 atom stereocenters. The standard InChI is InChI=1S/C21H28N2O2.ClH/c1-16-15-23(21(24)20-12-11-18(3)25-20)17(2)14-22(16)13-7-10-19-8-5-4-6-9-19;/h4-6,8-9,11-12,16-17H,7,10,13-15H2,1-3H3;1H. The van der Waals surface area contributed by atoms with Gasteiger partial charge in [-0.15, -0.1) is 12.4 Å². The molecule has 3 rings (SSSR count). The lowest BCUT2D eigenvalue weighted by atomic mass is 10.1. The van der Waals surface area contributed by atoms with Crippen LogP contribution in [0.5, 0.6) is 0 Å². The van der Waals surface area contributed by atoms with Crippen molar-refractivity contribution in [3.05, 3.63) is 59.5 Å². The number of carbonyl (C=O) groups excluding carboxylic acids is 1. The molecule has 4 nitrogen and oxygen atoms in total. The number of hydrogen-bond donors (Lipinski definition) is 0. The molecular formula is C21H29ClN2O2. The van der Waals surface area contributed by atoms with Crippen LogP contribution < -0.4 is 0 Å². The quantitative estimate of drug-likeness (QED) is 0.785. The number of benzene rings is 1. The molecule has 2 unspecified atom stereocenters. The average Bonchev–Trinajstić information content (AvgIpc) is 3.04. The number of aryl methyl sites for hydroxylation is 2. The molecule has 1 fully saturated rings. The third kappa shape index (κ3) is 4.89. The molecule has 0 bridgehead atoms. The number of nitrogens with zero attached hydrogens (tertiary/aromatic N) is 2. The van der Waals surface area contributed by atoms with Crippen molar-refractivity contribution in [2.75, 3.05) is 19.6 Å². The van der Waals surface area contributed by atoms with E-state index in [2.05, 4.69) is 49.1 Å². The molecule has 2 aromatic rings. The Morgan fingerprint density at radius 1 is 1.08 bits per heavy atom. The van der Waals surface area contributed by atoms with Crippen LogP contribution in [0, 0.1) is 6.92 Å². The van der Waals surface area contributed by atoms with Crippen molar-refractivity contribution in [3.63, 3.8) is 0 Å². The zero-order valence-electron chi connectivity index (χ0n) is 15.9. The van der Waals surface area contributed by atoms with Crippen molar-refractivity contribution < 1.29 is 9.21 Å². The number of amides is 1. The molecule has 26 heavy (non-hydrogen) atoms. The minimum absolute atomic E-state index is 0. The molecule has 0 saturated carbocycles. The van der Waals surface area contributed by atoms with E-state index < -0.39 is 0 Å². The van der Waals surface area contributed by atoms with Crippen LogP contribution in [0.15, 0.2) is 46.9 Å². The molecule has 1 aliphatic heterocycles. The first-order chi connectivity index (χ1) is 12.0. The molecule has 1 aromatic heterocycles. The predicted octanol–water partition coefficient (Wildman–Crippen LogP) is 4.18. The Morgan fingerprint density at radius 2 is 1.81 bits per heavy atom. The summed E-state index contributed by atoms with van der Waals surface area (Å²) in [5, 5.41) is 0. The molecule has 0 aliphatic carbocycles. The molecule has 1 aromatic carbocycles. The van der Waals surface area contributed by atoms with E-state index >= 15 is 0 Å². The summed E-state index contributed by atoms with van der Waals surface area (Å²) in [5.41, 5.74) is 1.39. The largest absolute Gasteiger partial charge is 0.456 e. The lowest BCUT2D eigenvalue weighted by molar-refractivity contribution is 0.0290. The van der Waals surface area contributed by atoms with Gasteiger partial charge in [-0.2, -0.15) is 0 Å². The monoisotopic (exact) mass is 376 g/mol. The van der Waals surface area contributed by atoms with Crippen molar-refractivity contribution in [2.24, 2.45) is 0 Å². The topological polar surface area (TPSA) is 36.7 Å². The lowest BCUT2D eigenvalue weighted by Crippen LogP contribution is -2.58. The second kappa shape index (κ2) is 9.24. The number of carbonyl (C=O) groups is 1. The van der Waals surface area contributed by atoms with Gasteiger partial charge in [-0.25, -0.2) is 0 Å². The zero-order chi connectivity index (χ0) is 17.8. The fourth-order valence-electron chi connectivity index (χ4n) is 3.61. The van der Waals surface area contributed by atoms with E-state index in [0.29, 0.717) is 11.8 Å². The smallest absolute Gasteiger partial charge is 0.289 e. The Hall–Kier alpha value is -1.78. The first-order valence-electron chi connectivity index (χ1n) is 9.20. The fraction of sp³-hybridized carbons (Fsp3) is 0.476. The Bertz CT molecular complexity index is 701. The second-order valence-electron chi connectivity index (χ2n) is 7.15. The molecule has 0 N–H and O–H groups in total. The summed E-state index contributed by atoms with van der Waals surface area (Å²) >= 11 is 0. The van der Waals surface area contributed by atoms with Crippen molar-refractivity contribution in [1.82, 2.24) is 9.80 Å². The number of furan rings is 1. The highest BCUT2D eigenvalue weighted by atomic mass is 35.5. The highest BCUT2D eigenvalue weighted by molar-refractivity contribution is 5.91. The molecule has 5 heteroatoms. The molecule has 0 spiro atoms. The van der Waals surface area contributed by atoms with Gasteiger partial charge in [0.05, 0.1) is 0 Å². The van der Waals surface area contributed by atoms with Crippen molar-refractivity contribution >= 4 is 18.3 Å². The normalized spacial score (nSPS) is 20.7. The molecule has 0 radical (unpaired) electrons. The molecule has 1 saturated heterocycles. The van der Waals surface area contributed by atoms with Crippen LogP contribution in [0.25, 0.3) is 0 Å². The van der Waals surface area contributed by atoms with Crippen LogP contribution in [0.2, 0.25) is 0 Å². The Morgan fingerprint density at radius 3 is 2.46 bits per heavy atom. The highest BCUT2D eigenvalue weighted by Crippen LogP contribution is 2.20. The van der Waals surface area contributed by atoms with Gasteiger partial charge >= 0.3 is 0 Å². The van der Waals surface area contributed by atoms with E-state index in [-0.39, 0.29) is 24.4 Å². The van der Waals surface area contributed by atoms with Crippen LogP contribution in [-0.4, -0.2) is 47.4 Å². The zero-order valence-corrected chi connectivity index (χ0v) is 16.7. The fourth-order valence-corrected chi connectivity index (χ4v) is 3.61. The van der Waals surface area contributed by atoms with Crippen molar-refractivity contribution in [1.29, 1.82) is 0 Å². The van der Waals surface area contributed by atoms with Gasteiger partial charge in [-0.3, -0.25) is 9.69 Å². The summed E-state index contributed by atoms with van der Waals surface area (Å²) in [5.74, 6) is 1.24. The maximum atomic E-state index is 12.7. The van der Waals surface area contributed by atoms with Crippen molar-refractivity contribution in [2.45, 2.75) is 45.7 Å². The van der Waals surface area contributed by atoms with Crippen LogP contribution in [0.1, 0.15) is 42.1 Å². The third-order valence-corrected chi connectivity index (χ3v) is 5.08. The average molecular weight is 377 g/mol. The first kappa shape index (κ1) is 20.5. The Kier molecular flexibility index (Phi) is 7.30. The van der Waals surface area contributed by atoms with E-state index in [0.717, 1.165) is 38.2 Å². The number of piperazine rings is 1. The van der Waals surface area contributed by atoms with E-state index in [1.54, 1.807) is 6.07 Å². The van der Waals surface area contributed by atoms with E-state index in [9.17, 15) is 4.79 Å². The summed E-state index contributed by atoms with van der Waals surface area (Å²) in [6.07, 6.45) is 2.25. The predicted molar refractivity (Wildman–Crippen MR) is 107 cm³/mol. The van der Waals surface area contributed by atoms with Gasteiger partial charge in [0, 0.05) is 25.2 Å².